The maximum Gasteiger partial charge on any atom is 0.242 e. The minimum atomic E-state index is -0.506. The summed E-state index contributed by atoms with van der Waals surface area (Å²) in [6, 6.07) is 7.23. The van der Waals surface area contributed by atoms with E-state index in [1.807, 2.05) is 21.9 Å². The van der Waals surface area contributed by atoms with Crippen LogP contribution in [0.4, 0.5) is 0 Å². The van der Waals surface area contributed by atoms with Gasteiger partial charge in [0.1, 0.15) is 5.75 Å². The number of carbonyl (C=O) groups is 3. The fraction of sp³-hybridized carbons (Fsp3) is 0.654. The van der Waals surface area contributed by atoms with Crippen LogP contribution in [0.2, 0.25) is 5.02 Å². The van der Waals surface area contributed by atoms with Gasteiger partial charge in [0.05, 0.1) is 26.4 Å². The molecule has 0 aromatic heterocycles. The first-order chi connectivity index (χ1) is 16.9. The minimum Gasteiger partial charge on any atom is -0.493 e. The second-order valence-electron chi connectivity index (χ2n) is 9.96. The van der Waals surface area contributed by atoms with Crippen LogP contribution in [0.3, 0.4) is 0 Å². The molecule has 0 radical (unpaired) electrons. The molecule has 0 bridgehead atoms. The lowest BCUT2D eigenvalue weighted by Gasteiger charge is -2.43. The highest BCUT2D eigenvalue weighted by Gasteiger charge is 2.41. The molecule has 0 spiro atoms. The third kappa shape index (κ3) is 7.10. The molecule has 4 rings (SSSR count). The van der Waals surface area contributed by atoms with E-state index in [0.29, 0.717) is 76.2 Å². The molecule has 1 aromatic carbocycles. The average Bonchev–Trinajstić information content (AvgIpc) is 3.07. The molecule has 3 heterocycles. The van der Waals surface area contributed by atoms with Crippen LogP contribution in [0.15, 0.2) is 24.3 Å². The lowest BCUT2D eigenvalue weighted by Crippen LogP contribution is -2.53. The lowest BCUT2D eigenvalue weighted by atomic mass is 9.77. The largest absolute Gasteiger partial charge is 0.493 e. The molecule has 3 saturated heterocycles. The summed E-state index contributed by atoms with van der Waals surface area (Å²) in [4.78, 5) is 44.3. The van der Waals surface area contributed by atoms with Crippen molar-refractivity contribution in [2.75, 3.05) is 59.1 Å². The molecule has 9 heteroatoms. The predicted molar refractivity (Wildman–Crippen MR) is 132 cm³/mol. The number of nitrogens with zero attached hydrogens (tertiary/aromatic N) is 3. The standard InChI is InChI=1S/C26H36ClN3O5/c27-21-6-4-7-22(16-21)35-20-26(17-24(32)28-12-14-34-15-13-28)9-5-11-30(19-26)25(33)18-29-10-3-1-2-8-23(29)31/h4,6-7,16H,1-3,5,8-15,17-20H2/t26-/m1/s1. The Hall–Kier alpha value is -2.32. The first kappa shape index (κ1) is 25.8. The third-order valence-corrected chi connectivity index (χ3v) is 7.48. The topological polar surface area (TPSA) is 79.4 Å². The zero-order chi connectivity index (χ0) is 24.7. The summed E-state index contributed by atoms with van der Waals surface area (Å²) in [5.41, 5.74) is -0.506. The number of benzene rings is 1. The van der Waals surface area contributed by atoms with Gasteiger partial charge in [-0.2, -0.15) is 0 Å². The van der Waals surface area contributed by atoms with Gasteiger partial charge in [-0.3, -0.25) is 14.4 Å². The minimum absolute atomic E-state index is 0.0501. The maximum atomic E-state index is 13.3. The van der Waals surface area contributed by atoms with E-state index in [2.05, 4.69) is 0 Å². The van der Waals surface area contributed by atoms with E-state index in [1.54, 1.807) is 17.0 Å². The van der Waals surface area contributed by atoms with Gasteiger partial charge in [0.15, 0.2) is 0 Å². The molecule has 192 valence electrons. The van der Waals surface area contributed by atoms with Crippen LogP contribution in [0, 0.1) is 5.41 Å². The van der Waals surface area contributed by atoms with Crippen molar-refractivity contribution in [2.24, 2.45) is 5.41 Å². The molecular weight excluding hydrogens is 470 g/mol. The van der Waals surface area contributed by atoms with Crippen molar-refractivity contribution in [1.29, 1.82) is 0 Å². The van der Waals surface area contributed by atoms with E-state index < -0.39 is 5.41 Å². The number of ether oxygens (including phenoxy) is 2. The quantitative estimate of drug-likeness (QED) is 0.569. The van der Waals surface area contributed by atoms with E-state index in [-0.39, 0.29) is 24.3 Å². The van der Waals surface area contributed by atoms with Gasteiger partial charge in [-0.25, -0.2) is 0 Å². The molecule has 3 fully saturated rings. The predicted octanol–water partition coefficient (Wildman–Crippen LogP) is 2.98. The van der Waals surface area contributed by atoms with Crippen molar-refractivity contribution in [2.45, 2.75) is 44.9 Å². The average molecular weight is 506 g/mol. The van der Waals surface area contributed by atoms with Crippen LogP contribution in [0.1, 0.15) is 44.9 Å². The Kier molecular flexibility index (Phi) is 8.89. The van der Waals surface area contributed by atoms with Crippen LogP contribution in [-0.4, -0.2) is 91.5 Å². The number of hydrogen-bond donors (Lipinski definition) is 0. The van der Waals surface area contributed by atoms with Gasteiger partial charge in [0.25, 0.3) is 0 Å². The second-order valence-corrected chi connectivity index (χ2v) is 10.4. The number of halogens is 1. The van der Waals surface area contributed by atoms with Crippen molar-refractivity contribution < 1.29 is 23.9 Å². The first-order valence-electron chi connectivity index (χ1n) is 12.7. The molecule has 8 nitrogen and oxygen atoms in total. The highest BCUT2D eigenvalue weighted by molar-refractivity contribution is 6.30. The molecule has 0 N–H and O–H groups in total. The summed E-state index contributed by atoms with van der Waals surface area (Å²) in [7, 11) is 0. The fourth-order valence-electron chi connectivity index (χ4n) is 5.24. The summed E-state index contributed by atoms with van der Waals surface area (Å²) < 4.78 is 11.6. The molecule has 3 aliphatic rings. The van der Waals surface area contributed by atoms with Gasteiger partial charge < -0.3 is 24.2 Å². The van der Waals surface area contributed by atoms with Crippen molar-refractivity contribution in [3.05, 3.63) is 29.3 Å². The summed E-state index contributed by atoms with van der Waals surface area (Å²) in [6.45, 7) is 4.40. The lowest BCUT2D eigenvalue weighted by molar-refractivity contribution is -0.146. The Morgan fingerprint density at radius 3 is 2.63 bits per heavy atom. The van der Waals surface area contributed by atoms with Gasteiger partial charge in [0.2, 0.25) is 17.7 Å². The monoisotopic (exact) mass is 505 g/mol. The van der Waals surface area contributed by atoms with Gasteiger partial charge in [-0.1, -0.05) is 24.1 Å². The molecule has 0 saturated carbocycles. The Morgan fingerprint density at radius 2 is 1.83 bits per heavy atom. The Balaban J connectivity index is 1.46. The zero-order valence-corrected chi connectivity index (χ0v) is 21.1. The summed E-state index contributed by atoms with van der Waals surface area (Å²) >= 11 is 6.13. The Morgan fingerprint density at radius 1 is 1.00 bits per heavy atom. The van der Waals surface area contributed by atoms with E-state index in [1.165, 1.54) is 0 Å². The molecule has 3 amide bonds. The van der Waals surface area contributed by atoms with Crippen molar-refractivity contribution in [3.63, 3.8) is 0 Å². The van der Waals surface area contributed by atoms with Crippen LogP contribution in [0.25, 0.3) is 0 Å². The highest BCUT2D eigenvalue weighted by Crippen LogP contribution is 2.36. The summed E-state index contributed by atoms with van der Waals surface area (Å²) in [5, 5.41) is 0.587. The number of likely N-dealkylation sites (tertiary alicyclic amines) is 2. The zero-order valence-electron chi connectivity index (χ0n) is 20.4. The van der Waals surface area contributed by atoms with Gasteiger partial charge in [0, 0.05) is 56.0 Å². The van der Waals surface area contributed by atoms with E-state index in [4.69, 9.17) is 21.1 Å². The normalized spacial score (nSPS) is 23.7. The Labute approximate surface area is 212 Å². The van der Waals surface area contributed by atoms with E-state index in [0.717, 1.165) is 32.1 Å². The van der Waals surface area contributed by atoms with Crippen molar-refractivity contribution in [1.82, 2.24) is 14.7 Å². The van der Waals surface area contributed by atoms with E-state index in [9.17, 15) is 14.4 Å². The second kappa shape index (κ2) is 12.1. The summed E-state index contributed by atoms with van der Waals surface area (Å²) in [6.07, 6.45) is 5.24. The fourth-order valence-corrected chi connectivity index (χ4v) is 5.42. The summed E-state index contributed by atoms with van der Waals surface area (Å²) in [5.74, 6) is 0.728. The molecular formula is C26H36ClN3O5. The number of piperidine rings is 1. The van der Waals surface area contributed by atoms with Crippen molar-refractivity contribution in [3.8, 4) is 5.75 Å². The third-order valence-electron chi connectivity index (χ3n) is 7.24. The highest BCUT2D eigenvalue weighted by atomic mass is 35.5. The molecule has 0 aliphatic carbocycles. The molecule has 0 unspecified atom stereocenters. The molecule has 1 atom stereocenters. The first-order valence-corrected chi connectivity index (χ1v) is 13.1. The molecule has 1 aromatic rings. The number of hydrogen-bond acceptors (Lipinski definition) is 5. The maximum absolute atomic E-state index is 13.3. The van der Waals surface area contributed by atoms with Crippen LogP contribution < -0.4 is 4.74 Å². The molecule has 35 heavy (non-hydrogen) atoms. The van der Waals surface area contributed by atoms with Crippen LogP contribution >= 0.6 is 11.6 Å². The smallest absolute Gasteiger partial charge is 0.242 e. The number of carbonyl (C=O) groups excluding carboxylic acids is 3. The SMILES string of the molecule is O=C(C[C@]1(COc2cccc(Cl)c2)CCCN(C(=O)CN2CCCCCC2=O)C1)N1CCOCC1. The van der Waals surface area contributed by atoms with Crippen LogP contribution in [-0.2, 0) is 19.1 Å². The van der Waals surface area contributed by atoms with Crippen molar-refractivity contribution >= 4 is 29.3 Å². The number of amides is 3. The van der Waals surface area contributed by atoms with E-state index >= 15 is 0 Å². The molecule has 3 aliphatic heterocycles. The van der Waals surface area contributed by atoms with Gasteiger partial charge in [-0.15, -0.1) is 0 Å². The number of morpholine rings is 1. The number of rotatable bonds is 7. The van der Waals surface area contributed by atoms with Gasteiger partial charge in [-0.05, 0) is 43.9 Å². The Bertz CT molecular complexity index is 907. The van der Waals surface area contributed by atoms with Crippen LogP contribution in [0.5, 0.6) is 5.75 Å². The van der Waals surface area contributed by atoms with Gasteiger partial charge >= 0.3 is 0 Å².